The van der Waals surface area contributed by atoms with E-state index in [0.717, 1.165) is 11.4 Å². The van der Waals surface area contributed by atoms with Gasteiger partial charge in [-0.05, 0) is 49.1 Å². The monoisotopic (exact) mass is 325 g/mol. The Hall–Kier alpha value is -2.33. The molecule has 0 fully saturated rings. The van der Waals surface area contributed by atoms with Gasteiger partial charge < -0.3 is 16.4 Å². The third-order valence-electron chi connectivity index (χ3n) is 3.90. The van der Waals surface area contributed by atoms with Gasteiger partial charge in [-0.1, -0.05) is 44.2 Å². The summed E-state index contributed by atoms with van der Waals surface area (Å²) in [6.07, 6.45) is 0.681. The lowest BCUT2D eigenvalue weighted by Crippen LogP contribution is -2.36. The van der Waals surface area contributed by atoms with Crippen LogP contribution in [0.25, 0.3) is 0 Å². The summed E-state index contributed by atoms with van der Waals surface area (Å²) in [6.45, 7) is 6.24. The molecule has 24 heavy (non-hydrogen) atoms. The highest BCUT2D eigenvalue weighted by molar-refractivity contribution is 5.94. The molecule has 4 nitrogen and oxygen atoms in total. The lowest BCUT2D eigenvalue weighted by atomic mass is 10.0. The van der Waals surface area contributed by atoms with Gasteiger partial charge in [-0.15, -0.1) is 0 Å². The molecule has 2 aromatic rings. The summed E-state index contributed by atoms with van der Waals surface area (Å²) in [7, 11) is 0. The molecule has 0 spiro atoms. The van der Waals surface area contributed by atoms with Crippen molar-refractivity contribution in [2.75, 3.05) is 10.6 Å². The second-order valence-electron chi connectivity index (χ2n) is 6.58. The molecule has 0 heterocycles. The Balaban J connectivity index is 1.92. The molecular weight excluding hydrogens is 298 g/mol. The molecule has 0 aliphatic rings. The van der Waals surface area contributed by atoms with E-state index in [0.29, 0.717) is 12.3 Å². The van der Waals surface area contributed by atoms with Gasteiger partial charge in [-0.2, -0.15) is 0 Å². The van der Waals surface area contributed by atoms with Crippen molar-refractivity contribution in [2.45, 2.75) is 39.3 Å². The quantitative estimate of drug-likeness (QED) is 0.715. The molecule has 0 aliphatic heterocycles. The average Bonchev–Trinajstić information content (AvgIpc) is 2.56. The minimum Gasteiger partial charge on any atom is -0.379 e. The summed E-state index contributed by atoms with van der Waals surface area (Å²) >= 11 is 0. The van der Waals surface area contributed by atoms with Crippen LogP contribution >= 0.6 is 0 Å². The van der Waals surface area contributed by atoms with Crippen molar-refractivity contribution in [1.29, 1.82) is 0 Å². The number of rotatable bonds is 7. The highest BCUT2D eigenvalue weighted by Gasteiger charge is 2.15. The van der Waals surface area contributed by atoms with Crippen LogP contribution in [0.15, 0.2) is 54.6 Å². The summed E-state index contributed by atoms with van der Waals surface area (Å²) in [6, 6.07) is 17.7. The van der Waals surface area contributed by atoms with E-state index >= 15 is 0 Å². The van der Waals surface area contributed by atoms with Crippen molar-refractivity contribution in [2.24, 2.45) is 11.7 Å². The topological polar surface area (TPSA) is 67.2 Å². The molecule has 2 rings (SSSR count). The highest BCUT2D eigenvalue weighted by atomic mass is 16.2. The number of carbonyl (C=O) groups is 1. The molecule has 0 saturated heterocycles. The Kier molecular flexibility index (Phi) is 6.38. The molecule has 0 aliphatic carbocycles. The smallest absolute Gasteiger partial charge is 0.241 e. The molecule has 2 atom stereocenters. The number of hydrogen-bond acceptors (Lipinski definition) is 3. The Morgan fingerprint density at radius 2 is 1.54 bits per heavy atom. The zero-order chi connectivity index (χ0) is 17.5. The van der Waals surface area contributed by atoms with Crippen LogP contribution in [0.4, 0.5) is 11.4 Å². The second kappa shape index (κ2) is 8.50. The van der Waals surface area contributed by atoms with Gasteiger partial charge in [-0.3, -0.25) is 4.79 Å². The van der Waals surface area contributed by atoms with Crippen molar-refractivity contribution >= 4 is 17.3 Å². The Bertz CT molecular complexity index is 638. The third-order valence-corrected chi connectivity index (χ3v) is 3.90. The normalized spacial score (nSPS) is 13.4. The van der Waals surface area contributed by atoms with Gasteiger partial charge in [0, 0.05) is 17.4 Å². The van der Waals surface area contributed by atoms with E-state index in [1.807, 2.05) is 42.5 Å². The highest BCUT2D eigenvalue weighted by Crippen LogP contribution is 2.20. The Labute approximate surface area is 144 Å². The second-order valence-corrected chi connectivity index (χ2v) is 6.58. The first-order valence-corrected chi connectivity index (χ1v) is 8.43. The largest absolute Gasteiger partial charge is 0.379 e. The number of amides is 1. The number of hydrogen-bond donors (Lipinski definition) is 3. The molecular formula is C20H27N3O. The van der Waals surface area contributed by atoms with Crippen LogP contribution in [-0.4, -0.2) is 11.9 Å². The van der Waals surface area contributed by atoms with Crippen LogP contribution in [0.1, 0.15) is 38.8 Å². The van der Waals surface area contributed by atoms with Gasteiger partial charge in [0.05, 0.1) is 6.04 Å². The molecule has 4 heteroatoms. The van der Waals surface area contributed by atoms with Crippen molar-refractivity contribution in [3.63, 3.8) is 0 Å². The number of benzene rings is 2. The van der Waals surface area contributed by atoms with Gasteiger partial charge in [0.2, 0.25) is 5.91 Å². The zero-order valence-electron chi connectivity index (χ0n) is 14.6. The van der Waals surface area contributed by atoms with E-state index in [4.69, 9.17) is 5.73 Å². The third kappa shape index (κ3) is 5.39. The summed E-state index contributed by atoms with van der Waals surface area (Å²) < 4.78 is 0. The van der Waals surface area contributed by atoms with E-state index in [1.165, 1.54) is 5.56 Å². The minimum absolute atomic E-state index is 0.137. The molecule has 1 amide bonds. The lowest BCUT2D eigenvalue weighted by Gasteiger charge is -2.17. The fraction of sp³-hybridized carbons (Fsp3) is 0.350. The molecule has 0 saturated carbocycles. The van der Waals surface area contributed by atoms with Crippen LogP contribution < -0.4 is 16.4 Å². The van der Waals surface area contributed by atoms with Crippen molar-refractivity contribution < 1.29 is 4.79 Å². The molecule has 128 valence electrons. The van der Waals surface area contributed by atoms with Gasteiger partial charge in [-0.25, -0.2) is 0 Å². The van der Waals surface area contributed by atoms with Crippen LogP contribution in [0.5, 0.6) is 0 Å². The average molecular weight is 325 g/mol. The van der Waals surface area contributed by atoms with Gasteiger partial charge in [0.1, 0.15) is 0 Å². The number of nitrogens with one attached hydrogen (secondary N) is 2. The van der Waals surface area contributed by atoms with Crippen LogP contribution in [-0.2, 0) is 4.79 Å². The molecule has 0 radical (unpaired) electrons. The summed E-state index contributed by atoms with van der Waals surface area (Å²) in [5, 5.41) is 6.32. The van der Waals surface area contributed by atoms with Gasteiger partial charge in [0.15, 0.2) is 0 Å². The van der Waals surface area contributed by atoms with Crippen molar-refractivity contribution in [3.8, 4) is 0 Å². The van der Waals surface area contributed by atoms with E-state index in [2.05, 4.69) is 43.5 Å². The summed E-state index contributed by atoms with van der Waals surface area (Å²) in [5.41, 5.74) is 8.90. The number of carbonyl (C=O) groups excluding carboxylic acids is 1. The van der Waals surface area contributed by atoms with Crippen LogP contribution in [0, 0.1) is 5.92 Å². The Morgan fingerprint density at radius 3 is 2.12 bits per heavy atom. The number of anilines is 2. The molecule has 1 unspecified atom stereocenters. The zero-order valence-corrected chi connectivity index (χ0v) is 14.6. The lowest BCUT2D eigenvalue weighted by molar-refractivity contribution is -0.117. The maximum Gasteiger partial charge on any atom is 0.241 e. The van der Waals surface area contributed by atoms with Crippen LogP contribution in [0.3, 0.4) is 0 Å². The van der Waals surface area contributed by atoms with E-state index in [-0.39, 0.29) is 11.9 Å². The van der Waals surface area contributed by atoms with E-state index in [9.17, 15) is 4.79 Å². The molecule has 2 aromatic carbocycles. The van der Waals surface area contributed by atoms with Crippen molar-refractivity contribution in [3.05, 3.63) is 60.2 Å². The Morgan fingerprint density at radius 1 is 0.958 bits per heavy atom. The first-order chi connectivity index (χ1) is 11.5. The predicted molar refractivity (Wildman–Crippen MR) is 101 cm³/mol. The van der Waals surface area contributed by atoms with Gasteiger partial charge >= 0.3 is 0 Å². The van der Waals surface area contributed by atoms with Gasteiger partial charge in [0.25, 0.3) is 0 Å². The molecule has 0 bridgehead atoms. The predicted octanol–water partition coefficient (Wildman–Crippen LogP) is 4.17. The fourth-order valence-electron chi connectivity index (χ4n) is 2.57. The maximum atomic E-state index is 12.0. The summed E-state index contributed by atoms with van der Waals surface area (Å²) in [5.74, 6) is 0.263. The van der Waals surface area contributed by atoms with Crippen molar-refractivity contribution in [1.82, 2.24) is 0 Å². The maximum absolute atomic E-state index is 12.0. The summed E-state index contributed by atoms with van der Waals surface area (Å²) in [4.78, 5) is 12.0. The van der Waals surface area contributed by atoms with E-state index < -0.39 is 6.04 Å². The molecule has 4 N–H and O–H groups in total. The standard InChI is InChI=1S/C20H27N3O/c1-14(2)13-19(21)20(24)23-18-11-9-17(10-12-18)22-15(3)16-7-5-4-6-8-16/h4-12,14-15,19,22H,13,21H2,1-3H3,(H,23,24)/t15?,19-/m0/s1. The first kappa shape index (κ1) is 18.0. The fourth-order valence-corrected chi connectivity index (χ4v) is 2.57. The minimum atomic E-state index is -0.471. The van der Waals surface area contributed by atoms with Crippen LogP contribution in [0.2, 0.25) is 0 Å². The molecule has 0 aromatic heterocycles. The van der Waals surface area contributed by atoms with E-state index in [1.54, 1.807) is 0 Å². The number of nitrogens with two attached hydrogens (primary N) is 1. The first-order valence-electron chi connectivity index (χ1n) is 8.43. The SMILES string of the molecule is CC(C)C[C@H](N)C(=O)Nc1ccc(NC(C)c2ccccc2)cc1.